The molecule has 0 amide bonds. The van der Waals surface area contributed by atoms with Crippen molar-refractivity contribution in [3.63, 3.8) is 0 Å². The first-order valence-corrected chi connectivity index (χ1v) is 6.28. The van der Waals surface area contributed by atoms with Crippen molar-refractivity contribution in [1.29, 1.82) is 0 Å². The summed E-state index contributed by atoms with van der Waals surface area (Å²) in [5.74, 6) is 0.716. The van der Waals surface area contributed by atoms with Crippen molar-refractivity contribution in [3.8, 4) is 0 Å². The lowest BCUT2D eigenvalue weighted by Gasteiger charge is -2.08. The van der Waals surface area contributed by atoms with E-state index in [1.165, 1.54) is 0 Å². The minimum atomic E-state index is -0.318. The van der Waals surface area contributed by atoms with Gasteiger partial charge in [0.1, 0.15) is 5.82 Å². The number of aromatic nitrogens is 2. The first kappa shape index (κ1) is 11.8. The maximum atomic E-state index is 12.3. The Morgan fingerprint density at radius 3 is 3.00 bits per heavy atom. The molecule has 3 rings (SSSR count). The number of nitro groups is 1. The summed E-state index contributed by atoms with van der Waals surface area (Å²) in [7, 11) is 0. The summed E-state index contributed by atoms with van der Waals surface area (Å²) in [6.45, 7) is 0.530. The van der Waals surface area contributed by atoms with Crippen molar-refractivity contribution in [3.05, 3.63) is 50.6 Å². The van der Waals surface area contributed by atoms with Gasteiger partial charge in [0.2, 0.25) is 6.54 Å². The van der Waals surface area contributed by atoms with Crippen LogP contribution in [0.2, 0.25) is 0 Å². The molecule has 1 aliphatic heterocycles. The van der Waals surface area contributed by atoms with E-state index < -0.39 is 0 Å². The summed E-state index contributed by atoms with van der Waals surface area (Å²) in [5.41, 5.74) is 0.635. The van der Waals surface area contributed by atoms with E-state index >= 15 is 0 Å². The third-order valence-electron chi connectivity index (χ3n) is 3.62. The molecule has 2 aromatic rings. The molecular formula is C13H13N3O3. The molecule has 0 radical (unpaired) electrons. The predicted molar refractivity (Wildman–Crippen MR) is 69.8 cm³/mol. The number of para-hydroxylation sites is 1. The zero-order valence-corrected chi connectivity index (χ0v) is 10.3. The Kier molecular flexibility index (Phi) is 2.77. The van der Waals surface area contributed by atoms with Crippen molar-refractivity contribution < 1.29 is 4.92 Å². The van der Waals surface area contributed by atoms with E-state index in [0.29, 0.717) is 29.7 Å². The molecule has 0 spiro atoms. The lowest BCUT2D eigenvalue weighted by molar-refractivity contribution is -0.480. The largest absolute Gasteiger partial charge is 0.296 e. The molecule has 1 atom stereocenters. The fourth-order valence-corrected chi connectivity index (χ4v) is 2.66. The van der Waals surface area contributed by atoms with Crippen molar-refractivity contribution in [2.45, 2.75) is 25.3 Å². The van der Waals surface area contributed by atoms with Crippen LogP contribution in [0.15, 0.2) is 29.1 Å². The molecule has 1 aromatic carbocycles. The summed E-state index contributed by atoms with van der Waals surface area (Å²) in [5, 5.41) is 11.1. The highest BCUT2D eigenvalue weighted by molar-refractivity contribution is 5.77. The lowest BCUT2D eigenvalue weighted by Crippen LogP contribution is -2.21. The van der Waals surface area contributed by atoms with Gasteiger partial charge in [-0.2, -0.15) is 0 Å². The Hall–Kier alpha value is -2.24. The third-order valence-corrected chi connectivity index (χ3v) is 3.62. The molecule has 1 aromatic heterocycles. The highest BCUT2D eigenvalue weighted by atomic mass is 16.6. The Morgan fingerprint density at radius 1 is 1.42 bits per heavy atom. The SMILES string of the molecule is O=c1c2ccccc2nc2n1CCC2CC[N+](=O)[O-]. The maximum absolute atomic E-state index is 12.3. The number of fused-ring (bicyclic) bond motifs is 2. The van der Waals surface area contributed by atoms with Crippen LogP contribution in [-0.2, 0) is 6.54 Å². The highest BCUT2D eigenvalue weighted by Gasteiger charge is 2.27. The van der Waals surface area contributed by atoms with E-state index in [2.05, 4.69) is 4.98 Å². The molecular weight excluding hydrogens is 246 g/mol. The number of rotatable bonds is 3. The molecule has 1 unspecified atom stereocenters. The van der Waals surface area contributed by atoms with Crippen LogP contribution in [0, 0.1) is 10.1 Å². The Bertz CT molecular complexity index is 708. The summed E-state index contributed by atoms with van der Waals surface area (Å²) in [6.07, 6.45) is 1.20. The molecule has 0 saturated heterocycles. The second-order valence-corrected chi connectivity index (χ2v) is 4.77. The van der Waals surface area contributed by atoms with Gasteiger partial charge in [0.05, 0.1) is 10.9 Å². The molecule has 0 bridgehead atoms. The van der Waals surface area contributed by atoms with Gasteiger partial charge in [0.25, 0.3) is 5.56 Å². The minimum Gasteiger partial charge on any atom is -0.296 e. The average molecular weight is 259 g/mol. The summed E-state index contributed by atoms with van der Waals surface area (Å²) in [6, 6.07) is 7.23. The van der Waals surface area contributed by atoms with Gasteiger partial charge in [0.15, 0.2) is 0 Å². The number of hydrogen-bond donors (Lipinski definition) is 0. The van der Waals surface area contributed by atoms with E-state index in [-0.39, 0.29) is 22.9 Å². The number of nitrogens with zero attached hydrogens (tertiary/aromatic N) is 3. The number of benzene rings is 1. The van der Waals surface area contributed by atoms with Crippen LogP contribution < -0.4 is 5.56 Å². The van der Waals surface area contributed by atoms with Crippen molar-refractivity contribution in [2.24, 2.45) is 0 Å². The molecule has 0 saturated carbocycles. The monoisotopic (exact) mass is 259 g/mol. The molecule has 6 heteroatoms. The molecule has 2 heterocycles. The van der Waals surface area contributed by atoms with Crippen molar-refractivity contribution in [1.82, 2.24) is 9.55 Å². The van der Waals surface area contributed by atoms with Gasteiger partial charge in [0, 0.05) is 23.8 Å². The zero-order valence-electron chi connectivity index (χ0n) is 10.3. The molecule has 98 valence electrons. The second-order valence-electron chi connectivity index (χ2n) is 4.77. The normalized spacial score (nSPS) is 17.6. The third kappa shape index (κ3) is 1.99. The Balaban J connectivity index is 2.06. The van der Waals surface area contributed by atoms with Crippen LogP contribution >= 0.6 is 0 Å². The van der Waals surface area contributed by atoms with Gasteiger partial charge in [-0.25, -0.2) is 4.98 Å². The molecule has 0 N–H and O–H groups in total. The number of hydrogen-bond acceptors (Lipinski definition) is 4. The van der Waals surface area contributed by atoms with Gasteiger partial charge >= 0.3 is 0 Å². The smallest absolute Gasteiger partial charge is 0.261 e. The van der Waals surface area contributed by atoms with Crippen LogP contribution in [0.1, 0.15) is 24.6 Å². The summed E-state index contributed by atoms with van der Waals surface area (Å²) in [4.78, 5) is 27.0. The van der Waals surface area contributed by atoms with Gasteiger partial charge < -0.3 is 0 Å². The van der Waals surface area contributed by atoms with E-state index in [1.807, 2.05) is 12.1 Å². The van der Waals surface area contributed by atoms with Crippen molar-refractivity contribution in [2.75, 3.05) is 6.54 Å². The lowest BCUT2D eigenvalue weighted by atomic mass is 10.0. The predicted octanol–water partition coefficient (Wildman–Crippen LogP) is 1.55. The van der Waals surface area contributed by atoms with E-state index in [1.54, 1.807) is 16.7 Å². The second kappa shape index (κ2) is 4.46. The zero-order chi connectivity index (χ0) is 13.4. The Morgan fingerprint density at radius 2 is 2.21 bits per heavy atom. The maximum Gasteiger partial charge on any atom is 0.261 e. The first-order valence-electron chi connectivity index (χ1n) is 6.28. The fourth-order valence-electron chi connectivity index (χ4n) is 2.66. The molecule has 6 nitrogen and oxygen atoms in total. The van der Waals surface area contributed by atoms with Crippen molar-refractivity contribution >= 4 is 10.9 Å². The summed E-state index contributed by atoms with van der Waals surface area (Å²) >= 11 is 0. The first-order chi connectivity index (χ1) is 9.16. The van der Waals surface area contributed by atoms with Crippen LogP contribution in [0.5, 0.6) is 0 Å². The topological polar surface area (TPSA) is 78.0 Å². The van der Waals surface area contributed by atoms with Crippen LogP contribution in [-0.4, -0.2) is 21.0 Å². The van der Waals surface area contributed by atoms with Gasteiger partial charge in [-0.15, -0.1) is 0 Å². The minimum absolute atomic E-state index is 0.0164. The van der Waals surface area contributed by atoms with E-state index in [0.717, 1.165) is 6.42 Å². The average Bonchev–Trinajstić information content (AvgIpc) is 2.80. The molecule has 0 aliphatic carbocycles. The van der Waals surface area contributed by atoms with Crippen LogP contribution in [0.25, 0.3) is 10.9 Å². The van der Waals surface area contributed by atoms with Crippen LogP contribution in [0.4, 0.5) is 0 Å². The van der Waals surface area contributed by atoms with Gasteiger partial charge in [-0.3, -0.25) is 19.5 Å². The van der Waals surface area contributed by atoms with Gasteiger partial charge in [-0.1, -0.05) is 12.1 Å². The molecule has 0 fully saturated rings. The molecule has 19 heavy (non-hydrogen) atoms. The van der Waals surface area contributed by atoms with E-state index in [9.17, 15) is 14.9 Å². The standard InChI is InChI=1S/C13H13N3O3/c17-13-10-3-1-2-4-11(10)14-12-9(5-7-15(12)13)6-8-16(18)19/h1-4,9H,5-8H2. The van der Waals surface area contributed by atoms with E-state index in [4.69, 9.17) is 0 Å². The summed E-state index contributed by atoms with van der Waals surface area (Å²) < 4.78 is 1.66. The fraction of sp³-hybridized carbons (Fsp3) is 0.385. The quantitative estimate of drug-likeness (QED) is 0.619. The Labute approximate surface area is 108 Å². The highest BCUT2D eigenvalue weighted by Crippen LogP contribution is 2.28. The van der Waals surface area contributed by atoms with Gasteiger partial charge in [-0.05, 0) is 18.6 Å². The van der Waals surface area contributed by atoms with Crippen LogP contribution in [0.3, 0.4) is 0 Å². The molecule has 1 aliphatic rings.